The van der Waals surface area contributed by atoms with Crippen molar-refractivity contribution in [1.82, 2.24) is 14.9 Å². The molecular formula is C19H20N4O3S. The fraction of sp³-hybridized carbons (Fsp3) is 0.263. The molecule has 0 amide bonds. The molecule has 0 fully saturated rings. The van der Waals surface area contributed by atoms with Crippen LogP contribution in [-0.2, 0) is 4.79 Å². The Hall–Kier alpha value is -2.87. The fourth-order valence-electron chi connectivity index (χ4n) is 2.61. The number of thioether (sulfide) groups is 1. The normalized spacial score (nSPS) is 11.4. The number of carboxylic acid groups (broad SMARTS) is 1. The maximum atomic E-state index is 10.9. The van der Waals surface area contributed by atoms with Crippen LogP contribution < -0.4 is 0 Å². The molecule has 3 aromatic rings. The second-order valence-electron chi connectivity index (χ2n) is 6.23. The molecule has 27 heavy (non-hydrogen) atoms. The van der Waals surface area contributed by atoms with Gasteiger partial charge in [-0.3, -0.25) is 4.79 Å². The van der Waals surface area contributed by atoms with Gasteiger partial charge in [-0.15, -0.1) is 10.2 Å². The van der Waals surface area contributed by atoms with E-state index in [1.807, 2.05) is 13.8 Å². The summed E-state index contributed by atoms with van der Waals surface area (Å²) in [5, 5.41) is 22.2. The van der Waals surface area contributed by atoms with Crippen LogP contribution in [0.15, 0.2) is 39.1 Å². The highest BCUT2D eigenvalue weighted by Crippen LogP contribution is 2.27. The summed E-state index contributed by atoms with van der Waals surface area (Å²) in [6.07, 6.45) is 3.32. The number of rotatable bonds is 6. The standard InChI is InChI=1S/C19H20N4O3S/c1-11-7-13(3)15(8-12(11)2)9-20-23-18(16-5-6-26-14(16)4)21-22-19(23)27-10-17(24)25/h5-9H,10H2,1-4H3,(H,24,25)/b20-9-. The molecule has 0 radical (unpaired) electrons. The average molecular weight is 384 g/mol. The Balaban J connectivity index is 2.04. The van der Waals surface area contributed by atoms with Crippen molar-refractivity contribution in [2.75, 3.05) is 5.75 Å². The molecule has 0 atom stereocenters. The summed E-state index contributed by atoms with van der Waals surface area (Å²) in [6, 6.07) is 5.98. The van der Waals surface area contributed by atoms with Crippen LogP contribution in [0.5, 0.6) is 0 Å². The van der Waals surface area contributed by atoms with Crippen LogP contribution in [0.3, 0.4) is 0 Å². The van der Waals surface area contributed by atoms with Gasteiger partial charge in [0.1, 0.15) is 5.76 Å². The number of hydrogen-bond acceptors (Lipinski definition) is 6. The lowest BCUT2D eigenvalue weighted by Gasteiger charge is -2.07. The van der Waals surface area contributed by atoms with E-state index in [0.29, 0.717) is 16.7 Å². The number of benzene rings is 1. The number of aryl methyl sites for hydroxylation is 4. The lowest BCUT2D eigenvalue weighted by Crippen LogP contribution is -2.02. The van der Waals surface area contributed by atoms with Crippen LogP contribution in [0.2, 0.25) is 0 Å². The molecule has 2 aromatic heterocycles. The summed E-state index contributed by atoms with van der Waals surface area (Å²) in [5.41, 5.74) is 5.25. The summed E-state index contributed by atoms with van der Waals surface area (Å²) in [7, 11) is 0. The number of hydrogen-bond donors (Lipinski definition) is 1. The maximum absolute atomic E-state index is 10.9. The highest BCUT2D eigenvalue weighted by Gasteiger charge is 2.18. The van der Waals surface area contributed by atoms with Crippen molar-refractivity contribution >= 4 is 23.9 Å². The second-order valence-corrected chi connectivity index (χ2v) is 7.17. The molecule has 0 unspecified atom stereocenters. The second kappa shape index (κ2) is 7.79. The minimum atomic E-state index is -0.926. The minimum Gasteiger partial charge on any atom is -0.481 e. The number of nitrogens with zero attached hydrogens (tertiary/aromatic N) is 4. The van der Waals surface area contributed by atoms with Crippen molar-refractivity contribution in [2.24, 2.45) is 5.10 Å². The molecule has 1 N–H and O–H groups in total. The smallest absolute Gasteiger partial charge is 0.313 e. The summed E-state index contributed by atoms with van der Waals surface area (Å²) < 4.78 is 6.91. The zero-order valence-corrected chi connectivity index (χ0v) is 16.4. The molecule has 8 heteroatoms. The highest BCUT2D eigenvalue weighted by molar-refractivity contribution is 7.99. The molecule has 0 saturated heterocycles. The highest BCUT2D eigenvalue weighted by atomic mass is 32.2. The Morgan fingerprint density at radius 2 is 1.96 bits per heavy atom. The van der Waals surface area contributed by atoms with Gasteiger partial charge in [0.2, 0.25) is 5.16 Å². The van der Waals surface area contributed by atoms with Gasteiger partial charge in [-0.25, -0.2) is 0 Å². The van der Waals surface area contributed by atoms with Crippen LogP contribution >= 0.6 is 11.8 Å². The van der Waals surface area contributed by atoms with Gasteiger partial charge in [-0.05, 0) is 62.1 Å². The number of carbonyl (C=O) groups is 1. The molecule has 2 heterocycles. The van der Waals surface area contributed by atoms with E-state index < -0.39 is 5.97 Å². The third kappa shape index (κ3) is 4.11. The molecule has 140 valence electrons. The lowest BCUT2D eigenvalue weighted by atomic mass is 10.0. The molecular weight excluding hydrogens is 364 g/mol. The third-order valence-corrected chi connectivity index (χ3v) is 5.14. The fourth-order valence-corrected chi connectivity index (χ4v) is 3.22. The Bertz CT molecular complexity index is 1020. The summed E-state index contributed by atoms with van der Waals surface area (Å²) in [6.45, 7) is 7.99. The predicted molar refractivity (Wildman–Crippen MR) is 104 cm³/mol. The minimum absolute atomic E-state index is 0.124. The Labute approximate surface area is 161 Å². The molecule has 0 aliphatic heterocycles. The van der Waals surface area contributed by atoms with Gasteiger partial charge in [-0.1, -0.05) is 17.8 Å². The summed E-state index contributed by atoms with van der Waals surface area (Å²) >= 11 is 1.07. The summed E-state index contributed by atoms with van der Waals surface area (Å²) in [5.74, 6) is 0.146. The quantitative estimate of drug-likeness (QED) is 0.513. The lowest BCUT2D eigenvalue weighted by molar-refractivity contribution is -0.133. The number of aromatic nitrogens is 3. The van der Waals surface area contributed by atoms with Crippen molar-refractivity contribution in [1.29, 1.82) is 0 Å². The van der Waals surface area contributed by atoms with Crippen molar-refractivity contribution in [3.8, 4) is 11.4 Å². The molecule has 0 bridgehead atoms. The largest absolute Gasteiger partial charge is 0.481 e. The molecule has 0 saturated carbocycles. The first kappa shape index (κ1) is 18.9. The average Bonchev–Trinajstić information content (AvgIpc) is 3.20. The van der Waals surface area contributed by atoms with Crippen LogP contribution in [0.25, 0.3) is 11.4 Å². The van der Waals surface area contributed by atoms with Gasteiger partial charge in [0.25, 0.3) is 0 Å². The maximum Gasteiger partial charge on any atom is 0.313 e. The van der Waals surface area contributed by atoms with E-state index in [9.17, 15) is 4.79 Å². The molecule has 0 aliphatic rings. The third-order valence-electron chi connectivity index (χ3n) is 4.23. The van der Waals surface area contributed by atoms with Crippen LogP contribution in [0, 0.1) is 27.7 Å². The van der Waals surface area contributed by atoms with Gasteiger partial charge in [0, 0.05) is 0 Å². The van der Waals surface area contributed by atoms with Crippen molar-refractivity contribution in [3.63, 3.8) is 0 Å². The van der Waals surface area contributed by atoms with E-state index in [1.165, 1.54) is 11.1 Å². The van der Waals surface area contributed by atoms with Gasteiger partial charge in [0.05, 0.1) is 23.8 Å². The molecule has 7 nitrogen and oxygen atoms in total. The van der Waals surface area contributed by atoms with Gasteiger partial charge in [-0.2, -0.15) is 9.78 Å². The van der Waals surface area contributed by atoms with Gasteiger partial charge < -0.3 is 9.52 Å². The first-order chi connectivity index (χ1) is 12.9. The van der Waals surface area contributed by atoms with E-state index in [1.54, 1.807) is 23.2 Å². The SMILES string of the molecule is Cc1cc(C)c(/C=N\n2c(SCC(=O)O)nnc2-c2ccoc2C)cc1C. The zero-order chi connectivity index (χ0) is 19.6. The summed E-state index contributed by atoms with van der Waals surface area (Å²) in [4.78, 5) is 10.9. The van der Waals surface area contributed by atoms with E-state index in [0.717, 1.165) is 28.5 Å². The Kier molecular flexibility index (Phi) is 5.46. The van der Waals surface area contributed by atoms with E-state index >= 15 is 0 Å². The first-order valence-electron chi connectivity index (χ1n) is 8.33. The van der Waals surface area contributed by atoms with Gasteiger partial charge >= 0.3 is 5.97 Å². The van der Waals surface area contributed by atoms with Crippen LogP contribution in [0.4, 0.5) is 0 Å². The first-order valence-corrected chi connectivity index (χ1v) is 9.32. The predicted octanol–water partition coefficient (Wildman–Crippen LogP) is 3.83. The molecule has 1 aromatic carbocycles. The Morgan fingerprint density at radius 1 is 1.22 bits per heavy atom. The Morgan fingerprint density at radius 3 is 2.63 bits per heavy atom. The monoisotopic (exact) mass is 384 g/mol. The number of carboxylic acids is 1. The van der Waals surface area contributed by atoms with E-state index in [2.05, 4.69) is 41.3 Å². The van der Waals surface area contributed by atoms with E-state index in [-0.39, 0.29) is 5.75 Å². The van der Waals surface area contributed by atoms with Crippen LogP contribution in [0.1, 0.15) is 28.0 Å². The van der Waals surface area contributed by atoms with Crippen molar-refractivity contribution < 1.29 is 14.3 Å². The van der Waals surface area contributed by atoms with E-state index in [4.69, 9.17) is 9.52 Å². The van der Waals surface area contributed by atoms with Gasteiger partial charge in [0.15, 0.2) is 5.82 Å². The van der Waals surface area contributed by atoms with Crippen LogP contribution in [-0.4, -0.2) is 37.9 Å². The molecule has 0 aliphatic carbocycles. The van der Waals surface area contributed by atoms with Crippen molar-refractivity contribution in [2.45, 2.75) is 32.9 Å². The number of furan rings is 1. The van der Waals surface area contributed by atoms with Crippen molar-refractivity contribution in [3.05, 3.63) is 52.5 Å². The number of aliphatic carboxylic acids is 1. The topological polar surface area (TPSA) is 93.5 Å². The molecule has 0 spiro atoms. The zero-order valence-electron chi connectivity index (χ0n) is 15.6. The molecule has 3 rings (SSSR count).